The number of ether oxygens (including phenoxy) is 2. The third-order valence-electron chi connectivity index (χ3n) is 3.82. The summed E-state index contributed by atoms with van der Waals surface area (Å²) in [5.41, 5.74) is 7.31. The highest BCUT2D eigenvalue weighted by atomic mass is 16.6. The molecule has 1 aromatic carbocycles. The Morgan fingerprint density at radius 2 is 1.95 bits per heavy atom. The van der Waals surface area contributed by atoms with E-state index >= 15 is 0 Å². The van der Waals surface area contributed by atoms with Crippen LogP contribution in [-0.4, -0.2) is 29.3 Å². The second kappa shape index (κ2) is 6.67. The highest BCUT2D eigenvalue weighted by Crippen LogP contribution is 2.34. The maximum Gasteiger partial charge on any atom is 0.163 e. The molecule has 6 heteroatoms. The highest BCUT2D eigenvalue weighted by molar-refractivity contribution is 5.81. The van der Waals surface area contributed by atoms with Crippen LogP contribution in [0.25, 0.3) is 11.0 Å². The van der Waals surface area contributed by atoms with E-state index in [-0.39, 0.29) is 0 Å². The molecule has 0 amide bonds. The average Bonchev–Trinajstić information content (AvgIpc) is 2.87. The van der Waals surface area contributed by atoms with E-state index < -0.39 is 0 Å². The first-order chi connectivity index (χ1) is 10.8. The van der Waals surface area contributed by atoms with Crippen molar-refractivity contribution in [2.45, 2.75) is 32.2 Å². The molecule has 0 fully saturated rings. The topological polar surface area (TPSA) is 86.1 Å². The zero-order chi connectivity index (χ0) is 15.4. The molecule has 0 saturated carbocycles. The van der Waals surface area contributed by atoms with Gasteiger partial charge in [-0.1, -0.05) is 6.42 Å². The summed E-state index contributed by atoms with van der Waals surface area (Å²) in [6.07, 6.45) is 3.98. The lowest BCUT2D eigenvalue weighted by molar-refractivity contribution is 0.172. The molecule has 22 heavy (non-hydrogen) atoms. The standard InChI is InChI=1S/C16H20N4O2/c17-5-3-1-2-4-16-19-12-10-14-15(22-9-8-21-14)11-13(12)20(16)7-6-18/h10-11H,1-5,7-9,17H2. The van der Waals surface area contributed by atoms with E-state index in [2.05, 4.69) is 11.1 Å². The second-order valence-electron chi connectivity index (χ2n) is 5.36. The van der Waals surface area contributed by atoms with Gasteiger partial charge in [-0.3, -0.25) is 0 Å². The molecule has 1 aliphatic rings. The minimum absolute atomic E-state index is 0.294. The summed E-state index contributed by atoms with van der Waals surface area (Å²) in [7, 11) is 0. The molecule has 2 heterocycles. The Labute approximate surface area is 129 Å². The Kier molecular flexibility index (Phi) is 4.45. The Morgan fingerprint density at radius 3 is 2.68 bits per heavy atom. The Hall–Kier alpha value is -2.26. The van der Waals surface area contributed by atoms with Crippen molar-refractivity contribution in [2.24, 2.45) is 5.73 Å². The van der Waals surface area contributed by atoms with Crippen LogP contribution in [0.2, 0.25) is 0 Å². The molecule has 0 saturated heterocycles. The van der Waals surface area contributed by atoms with E-state index in [1.807, 2.05) is 16.7 Å². The molecule has 3 rings (SSSR count). The zero-order valence-electron chi connectivity index (χ0n) is 12.5. The van der Waals surface area contributed by atoms with Gasteiger partial charge in [0.15, 0.2) is 11.5 Å². The maximum atomic E-state index is 9.10. The molecule has 116 valence electrons. The van der Waals surface area contributed by atoms with E-state index in [0.717, 1.165) is 60.6 Å². The van der Waals surface area contributed by atoms with Gasteiger partial charge in [-0.25, -0.2) is 4.98 Å². The highest BCUT2D eigenvalue weighted by Gasteiger charge is 2.17. The van der Waals surface area contributed by atoms with Crippen LogP contribution in [0.15, 0.2) is 12.1 Å². The van der Waals surface area contributed by atoms with Gasteiger partial charge in [0.05, 0.1) is 17.1 Å². The molecule has 2 aromatic rings. The van der Waals surface area contributed by atoms with Gasteiger partial charge in [-0.15, -0.1) is 0 Å². The van der Waals surface area contributed by atoms with E-state index in [9.17, 15) is 0 Å². The van der Waals surface area contributed by atoms with Gasteiger partial charge in [-0.2, -0.15) is 5.26 Å². The number of hydrogen-bond acceptors (Lipinski definition) is 5. The van der Waals surface area contributed by atoms with Gasteiger partial charge in [0, 0.05) is 18.6 Å². The summed E-state index contributed by atoms with van der Waals surface area (Å²) < 4.78 is 13.2. The summed E-state index contributed by atoms with van der Waals surface area (Å²) in [6.45, 7) is 2.12. The summed E-state index contributed by atoms with van der Waals surface area (Å²) >= 11 is 0. The number of rotatable bonds is 6. The number of fused-ring (bicyclic) bond motifs is 2. The predicted octanol–water partition coefficient (Wildman–Crippen LogP) is 2.00. The van der Waals surface area contributed by atoms with Crippen LogP contribution < -0.4 is 15.2 Å². The van der Waals surface area contributed by atoms with E-state index in [1.54, 1.807) is 0 Å². The number of unbranched alkanes of at least 4 members (excludes halogenated alkanes) is 2. The monoisotopic (exact) mass is 300 g/mol. The molecule has 0 radical (unpaired) electrons. The summed E-state index contributed by atoms with van der Waals surface area (Å²) in [6, 6.07) is 6.05. The lowest BCUT2D eigenvalue weighted by atomic mass is 10.2. The SMILES string of the molecule is N#CCn1c(CCCCCN)nc2cc3c(cc21)OCCO3. The molecule has 2 N–H and O–H groups in total. The molecule has 1 aliphatic heterocycles. The van der Waals surface area contributed by atoms with Crippen molar-refractivity contribution in [1.82, 2.24) is 9.55 Å². The van der Waals surface area contributed by atoms with Crippen molar-refractivity contribution in [2.75, 3.05) is 19.8 Å². The van der Waals surface area contributed by atoms with Crippen molar-refractivity contribution in [3.63, 3.8) is 0 Å². The minimum Gasteiger partial charge on any atom is -0.486 e. The number of aryl methyl sites for hydroxylation is 1. The van der Waals surface area contributed by atoms with Crippen LogP contribution >= 0.6 is 0 Å². The number of hydrogen-bond donors (Lipinski definition) is 1. The van der Waals surface area contributed by atoms with Gasteiger partial charge in [-0.05, 0) is 19.4 Å². The fourth-order valence-corrected chi connectivity index (χ4v) is 2.75. The van der Waals surface area contributed by atoms with E-state index in [4.69, 9.17) is 20.5 Å². The molecular weight excluding hydrogens is 280 g/mol. The second-order valence-corrected chi connectivity index (χ2v) is 5.36. The Balaban J connectivity index is 1.93. The van der Waals surface area contributed by atoms with Gasteiger partial charge in [0.1, 0.15) is 25.6 Å². The van der Waals surface area contributed by atoms with Gasteiger partial charge >= 0.3 is 0 Å². The maximum absolute atomic E-state index is 9.10. The smallest absolute Gasteiger partial charge is 0.163 e. The summed E-state index contributed by atoms with van der Waals surface area (Å²) in [4.78, 5) is 4.68. The molecule has 1 aromatic heterocycles. The fraction of sp³-hybridized carbons (Fsp3) is 0.500. The largest absolute Gasteiger partial charge is 0.486 e. The zero-order valence-corrected chi connectivity index (χ0v) is 12.5. The molecule has 0 bridgehead atoms. The molecule has 0 aliphatic carbocycles. The molecule has 6 nitrogen and oxygen atoms in total. The van der Waals surface area contributed by atoms with Crippen molar-refractivity contribution in [3.05, 3.63) is 18.0 Å². The van der Waals surface area contributed by atoms with Crippen molar-refractivity contribution in [3.8, 4) is 17.6 Å². The third kappa shape index (κ3) is 2.85. The predicted molar refractivity (Wildman–Crippen MR) is 82.9 cm³/mol. The quantitative estimate of drug-likeness (QED) is 0.825. The first-order valence-electron chi connectivity index (χ1n) is 7.69. The van der Waals surface area contributed by atoms with Crippen molar-refractivity contribution < 1.29 is 9.47 Å². The molecular formula is C16H20N4O2. The van der Waals surface area contributed by atoms with Crippen LogP contribution in [0, 0.1) is 11.3 Å². The Bertz CT molecular complexity index is 702. The van der Waals surface area contributed by atoms with Crippen molar-refractivity contribution in [1.29, 1.82) is 5.26 Å². The van der Waals surface area contributed by atoms with Gasteiger partial charge in [0.2, 0.25) is 0 Å². The summed E-state index contributed by atoms with van der Waals surface area (Å²) in [5.74, 6) is 2.40. The Morgan fingerprint density at radius 1 is 1.18 bits per heavy atom. The van der Waals surface area contributed by atoms with Crippen LogP contribution in [-0.2, 0) is 13.0 Å². The normalized spacial score (nSPS) is 13.3. The lowest BCUT2D eigenvalue weighted by Crippen LogP contribution is -2.15. The average molecular weight is 300 g/mol. The van der Waals surface area contributed by atoms with Crippen molar-refractivity contribution >= 4 is 11.0 Å². The molecule has 0 atom stereocenters. The lowest BCUT2D eigenvalue weighted by Gasteiger charge is -2.18. The fourth-order valence-electron chi connectivity index (χ4n) is 2.75. The number of nitrogens with two attached hydrogens (primary N) is 1. The van der Waals surface area contributed by atoms with Crippen LogP contribution in [0.4, 0.5) is 0 Å². The summed E-state index contributed by atoms with van der Waals surface area (Å²) in [5, 5.41) is 9.10. The minimum atomic E-state index is 0.294. The first kappa shape index (κ1) is 14.7. The number of nitriles is 1. The molecule has 0 spiro atoms. The number of benzene rings is 1. The molecule has 0 unspecified atom stereocenters. The van der Waals surface area contributed by atoms with Crippen LogP contribution in [0.3, 0.4) is 0 Å². The van der Waals surface area contributed by atoms with Crippen LogP contribution in [0.5, 0.6) is 11.5 Å². The number of imidazole rings is 1. The van der Waals surface area contributed by atoms with E-state index in [1.165, 1.54) is 0 Å². The third-order valence-corrected chi connectivity index (χ3v) is 3.82. The van der Waals surface area contributed by atoms with Gasteiger partial charge < -0.3 is 19.8 Å². The van der Waals surface area contributed by atoms with Gasteiger partial charge in [0.25, 0.3) is 0 Å². The van der Waals surface area contributed by atoms with E-state index in [0.29, 0.717) is 19.8 Å². The first-order valence-corrected chi connectivity index (χ1v) is 7.69. The number of aromatic nitrogens is 2. The number of nitrogens with zero attached hydrogens (tertiary/aromatic N) is 3. The van der Waals surface area contributed by atoms with Crippen LogP contribution in [0.1, 0.15) is 25.1 Å².